The van der Waals surface area contributed by atoms with Gasteiger partial charge in [0.2, 0.25) is 0 Å². The molecule has 0 amide bonds. The van der Waals surface area contributed by atoms with Crippen molar-refractivity contribution in [2.24, 2.45) is 0 Å². The van der Waals surface area contributed by atoms with E-state index in [9.17, 15) is 0 Å². The fourth-order valence-corrected chi connectivity index (χ4v) is 3.42. The van der Waals surface area contributed by atoms with Crippen LogP contribution in [0.5, 0.6) is 17.2 Å². The van der Waals surface area contributed by atoms with Crippen molar-refractivity contribution in [2.45, 2.75) is 27.2 Å². The van der Waals surface area contributed by atoms with Crippen LogP contribution in [-0.2, 0) is 4.74 Å². The van der Waals surface area contributed by atoms with E-state index in [2.05, 4.69) is 16.5 Å². The topological polar surface area (TPSA) is 53.1 Å². The summed E-state index contributed by atoms with van der Waals surface area (Å²) in [4.78, 5) is 6.92. The molecular weight excluding hydrogens is 404 g/mol. The van der Waals surface area contributed by atoms with Crippen LogP contribution < -0.4 is 14.2 Å². The average Bonchev–Trinajstić information content (AvgIpc) is 2.79. The molecule has 172 valence electrons. The lowest BCUT2D eigenvalue weighted by Crippen LogP contribution is -2.37. The van der Waals surface area contributed by atoms with Crippen molar-refractivity contribution < 1.29 is 18.9 Å². The first-order valence-electron chi connectivity index (χ1n) is 11.1. The summed E-state index contributed by atoms with van der Waals surface area (Å²) in [6.45, 7) is 15.1. The largest absolute Gasteiger partial charge is 0.493 e. The molecule has 1 aliphatic heterocycles. The van der Waals surface area contributed by atoms with E-state index in [0.29, 0.717) is 18.1 Å². The molecule has 6 nitrogen and oxygen atoms in total. The highest BCUT2D eigenvalue weighted by molar-refractivity contribution is 5.88. The predicted octanol–water partition coefficient (Wildman–Crippen LogP) is 5.15. The second-order valence-corrected chi connectivity index (χ2v) is 8.13. The number of morpholine rings is 1. The average molecular weight is 439 g/mol. The minimum atomic E-state index is 0.614. The Hall–Kier alpha value is -2.83. The quantitative estimate of drug-likeness (QED) is 0.291. The van der Waals surface area contributed by atoms with Crippen molar-refractivity contribution >= 4 is 10.9 Å². The molecule has 0 saturated carbocycles. The summed E-state index contributed by atoms with van der Waals surface area (Å²) in [5, 5.41) is 0.868. The van der Waals surface area contributed by atoms with Crippen molar-refractivity contribution in [3.05, 3.63) is 60.0 Å². The van der Waals surface area contributed by atoms with Gasteiger partial charge in [0.1, 0.15) is 11.5 Å². The first-order valence-corrected chi connectivity index (χ1v) is 11.1. The zero-order valence-corrected chi connectivity index (χ0v) is 19.6. The molecule has 1 aromatic carbocycles. The summed E-state index contributed by atoms with van der Waals surface area (Å²) in [7, 11) is 1.65. The Kier molecular flexibility index (Phi) is 8.71. The molecule has 0 N–H and O–H groups in total. The molecular formula is C26H34N2O4. The van der Waals surface area contributed by atoms with Crippen molar-refractivity contribution in [3.63, 3.8) is 0 Å². The normalized spacial score (nSPS) is 14.5. The number of hydrogen-bond donors (Lipinski definition) is 0. The number of hydrogen-bond acceptors (Lipinski definition) is 6. The molecule has 0 aliphatic carbocycles. The number of aromatic nitrogens is 1. The maximum Gasteiger partial charge on any atom is 0.163 e. The zero-order chi connectivity index (χ0) is 22.9. The number of nitrogens with zero attached hydrogens (tertiary/aromatic N) is 2. The van der Waals surface area contributed by atoms with Gasteiger partial charge in [-0.2, -0.15) is 0 Å². The van der Waals surface area contributed by atoms with Crippen LogP contribution in [0.15, 0.2) is 60.0 Å². The number of fused-ring (bicyclic) bond motifs is 1. The van der Waals surface area contributed by atoms with Crippen LogP contribution in [0.25, 0.3) is 10.9 Å². The number of rotatable bonds is 10. The fraction of sp³-hybridized carbons (Fsp3) is 0.423. The first-order chi connectivity index (χ1) is 15.5. The minimum absolute atomic E-state index is 0.614. The molecule has 1 aromatic heterocycles. The summed E-state index contributed by atoms with van der Waals surface area (Å²) in [6, 6.07) is 5.71. The van der Waals surface area contributed by atoms with Crippen molar-refractivity contribution in [2.75, 3.05) is 46.6 Å². The van der Waals surface area contributed by atoms with Gasteiger partial charge in [0.15, 0.2) is 11.5 Å². The van der Waals surface area contributed by atoms with Gasteiger partial charge < -0.3 is 18.9 Å². The summed E-state index contributed by atoms with van der Waals surface area (Å²) < 4.78 is 23.3. The molecule has 0 unspecified atom stereocenters. The standard InChI is InChI=1S/C26H34N2O4/c1-19(2)7-8-23(20(3)4)32-24-9-10-27-22-18-26(25(29-5)17-21(22)24)31-14-6-11-28-12-15-30-16-13-28/h7-10,17-18H,1,6,11-16H2,2-5H3. The van der Waals surface area contributed by atoms with Gasteiger partial charge in [0, 0.05) is 37.3 Å². The second-order valence-electron chi connectivity index (χ2n) is 8.13. The Bertz CT molecular complexity index is 987. The number of benzene rings is 1. The zero-order valence-electron chi connectivity index (χ0n) is 19.6. The van der Waals surface area contributed by atoms with Crippen LogP contribution in [-0.4, -0.2) is 56.4 Å². The van der Waals surface area contributed by atoms with Crippen LogP contribution in [0.3, 0.4) is 0 Å². The number of pyridine rings is 1. The van der Waals surface area contributed by atoms with Crippen molar-refractivity contribution in [3.8, 4) is 17.2 Å². The molecule has 0 spiro atoms. The molecule has 2 aromatic rings. The molecule has 1 saturated heterocycles. The lowest BCUT2D eigenvalue weighted by molar-refractivity contribution is 0.0357. The minimum Gasteiger partial charge on any atom is -0.493 e. The van der Waals surface area contributed by atoms with Crippen molar-refractivity contribution in [1.82, 2.24) is 9.88 Å². The maximum atomic E-state index is 6.24. The summed E-state index contributed by atoms with van der Waals surface area (Å²) in [6.07, 6.45) is 6.57. The number of ether oxygens (including phenoxy) is 4. The Morgan fingerprint density at radius 2 is 1.91 bits per heavy atom. The van der Waals surface area contributed by atoms with Gasteiger partial charge in [-0.1, -0.05) is 18.2 Å². The van der Waals surface area contributed by atoms with Crippen LogP contribution in [0.1, 0.15) is 27.2 Å². The smallest absolute Gasteiger partial charge is 0.163 e. The third-order valence-corrected chi connectivity index (χ3v) is 5.20. The third-order valence-electron chi connectivity index (χ3n) is 5.20. The van der Waals surface area contributed by atoms with Crippen LogP contribution >= 0.6 is 0 Å². The molecule has 1 fully saturated rings. The molecule has 0 radical (unpaired) electrons. The van der Waals surface area contributed by atoms with E-state index in [4.69, 9.17) is 18.9 Å². The van der Waals surface area contributed by atoms with E-state index in [-0.39, 0.29) is 0 Å². The SMILES string of the molecule is C=C(C)C=CC(Oc1ccnc2cc(OCCCN3CCOCC3)c(OC)cc12)=C(C)C. The number of allylic oxidation sites excluding steroid dienone is 4. The highest BCUT2D eigenvalue weighted by Crippen LogP contribution is 2.36. The Balaban J connectivity index is 1.75. The molecule has 1 aliphatic rings. The van der Waals surface area contributed by atoms with E-state index in [1.165, 1.54) is 0 Å². The first kappa shape index (κ1) is 23.8. The molecule has 0 bridgehead atoms. The summed E-state index contributed by atoms with van der Waals surface area (Å²) in [5.41, 5.74) is 2.83. The third kappa shape index (κ3) is 6.58. The van der Waals surface area contributed by atoms with Gasteiger partial charge in [0.05, 0.1) is 32.4 Å². The van der Waals surface area contributed by atoms with E-state index in [1.54, 1.807) is 13.3 Å². The van der Waals surface area contributed by atoms with E-state index >= 15 is 0 Å². The lowest BCUT2D eigenvalue weighted by atomic mass is 10.1. The Morgan fingerprint density at radius 1 is 1.12 bits per heavy atom. The Morgan fingerprint density at radius 3 is 2.59 bits per heavy atom. The van der Waals surface area contributed by atoms with E-state index < -0.39 is 0 Å². The van der Waals surface area contributed by atoms with E-state index in [0.717, 1.165) is 72.8 Å². The van der Waals surface area contributed by atoms with Gasteiger partial charge in [-0.3, -0.25) is 9.88 Å². The second kappa shape index (κ2) is 11.7. The van der Waals surface area contributed by atoms with Crippen molar-refractivity contribution in [1.29, 1.82) is 0 Å². The molecule has 6 heteroatoms. The number of methoxy groups -OCH3 is 1. The molecule has 2 heterocycles. The molecule has 3 rings (SSSR count). The van der Waals surface area contributed by atoms with Crippen LogP contribution in [0.4, 0.5) is 0 Å². The summed E-state index contributed by atoms with van der Waals surface area (Å²) in [5.74, 6) is 2.85. The Labute approximate surface area is 191 Å². The highest BCUT2D eigenvalue weighted by Gasteiger charge is 2.14. The van der Waals surface area contributed by atoms with Gasteiger partial charge in [-0.05, 0) is 51.0 Å². The van der Waals surface area contributed by atoms with Gasteiger partial charge in [-0.25, -0.2) is 0 Å². The van der Waals surface area contributed by atoms with Gasteiger partial charge in [-0.15, -0.1) is 0 Å². The summed E-state index contributed by atoms with van der Waals surface area (Å²) >= 11 is 0. The lowest BCUT2D eigenvalue weighted by Gasteiger charge is -2.26. The van der Waals surface area contributed by atoms with Gasteiger partial charge >= 0.3 is 0 Å². The predicted molar refractivity (Wildman–Crippen MR) is 129 cm³/mol. The maximum absolute atomic E-state index is 6.24. The highest BCUT2D eigenvalue weighted by atomic mass is 16.5. The molecule has 0 atom stereocenters. The van der Waals surface area contributed by atoms with Crippen LogP contribution in [0, 0.1) is 0 Å². The monoisotopic (exact) mass is 438 g/mol. The van der Waals surface area contributed by atoms with Gasteiger partial charge in [0.25, 0.3) is 0 Å². The molecule has 32 heavy (non-hydrogen) atoms. The van der Waals surface area contributed by atoms with Crippen LogP contribution in [0.2, 0.25) is 0 Å². The fourth-order valence-electron chi connectivity index (χ4n) is 3.42. The van der Waals surface area contributed by atoms with E-state index in [1.807, 2.05) is 51.1 Å².